The Hall–Kier alpha value is -3.07. The Kier molecular flexibility index (Phi) is 7.17. The first-order valence-electron chi connectivity index (χ1n) is 11.1. The van der Waals surface area contributed by atoms with E-state index in [4.69, 9.17) is 10.5 Å². The molecule has 1 unspecified atom stereocenters. The highest BCUT2D eigenvalue weighted by Crippen LogP contribution is 2.34. The SMILES string of the molecule is CCc1ccc(-c2c(C)cc(OC(CC(C)C)c3ccc(C(N)=O)cc3)cc2C)cc1. The van der Waals surface area contributed by atoms with E-state index in [0.717, 1.165) is 24.2 Å². The molecule has 0 heterocycles. The van der Waals surface area contributed by atoms with Crippen LogP contribution in [0.15, 0.2) is 60.7 Å². The van der Waals surface area contributed by atoms with Crippen LogP contribution in [0.2, 0.25) is 0 Å². The molecular formula is C28H33NO2. The second-order valence-corrected chi connectivity index (χ2v) is 8.70. The molecule has 0 bridgehead atoms. The predicted molar refractivity (Wildman–Crippen MR) is 129 cm³/mol. The van der Waals surface area contributed by atoms with Gasteiger partial charge in [-0.25, -0.2) is 0 Å². The van der Waals surface area contributed by atoms with E-state index in [1.807, 2.05) is 12.1 Å². The lowest BCUT2D eigenvalue weighted by Crippen LogP contribution is -2.13. The number of aryl methyl sites for hydroxylation is 3. The van der Waals surface area contributed by atoms with Crippen molar-refractivity contribution in [3.05, 3.63) is 88.5 Å². The summed E-state index contributed by atoms with van der Waals surface area (Å²) in [4.78, 5) is 11.4. The number of benzene rings is 3. The molecule has 0 radical (unpaired) electrons. The van der Waals surface area contributed by atoms with Crippen LogP contribution in [-0.4, -0.2) is 5.91 Å². The van der Waals surface area contributed by atoms with Crippen LogP contribution in [0.1, 0.15) is 65.9 Å². The highest BCUT2D eigenvalue weighted by Gasteiger charge is 2.17. The largest absolute Gasteiger partial charge is 0.486 e. The van der Waals surface area contributed by atoms with Crippen molar-refractivity contribution in [1.82, 2.24) is 0 Å². The second-order valence-electron chi connectivity index (χ2n) is 8.70. The van der Waals surface area contributed by atoms with Gasteiger partial charge in [0.05, 0.1) is 0 Å². The van der Waals surface area contributed by atoms with Gasteiger partial charge in [-0.2, -0.15) is 0 Å². The van der Waals surface area contributed by atoms with Crippen molar-refractivity contribution in [2.24, 2.45) is 11.7 Å². The van der Waals surface area contributed by atoms with Crippen molar-refractivity contribution >= 4 is 5.91 Å². The van der Waals surface area contributed by atoms with Crippen molar-refractivity contribution in [2.75, 3.05) is 0 Å². The lowest BCUT2D eigenvalue weighted by molar-refractivity contribution is 0.1000. The smallest absolute Gasteiger partial charge is 0.248 e. The molecule has 3 aromatic carbocycles. The normalized spacial score (nSPS) is 12.1. The van der Waals surface area contributed by atoms with Gasteiger partial charge in [0.15, 0.2) is 0 Å². The summed E-state index contributed by atoms with van der Waals surface area (Å²) in [7, 11) is 0. The third kappa shape index (κ3) is 5.55. The molecule has 0 saturated carbocycles. The Labute approximate surface area is 186 Å². The summed E-state index contributed by atoms with van der Waals surface area (Å²) in [5, 5.41) is 0. The fourth-order valence-corrected chi connectivity index (χ4v) is 4.06. The minimum Gasteiger partial charge on any atom is -0.486 e. The van der Waals surface area contributed by atoms with Gasteiger partial charge in [0.2, 0.25) is 5.91 Å². The molecule has 3 heteroatoms. The molecule has 162 valence electrons. The number of ether oxygens (including phenoxy) is 1. The maximum atomic E-state index is 11.4. The van der Waals surface area contributed by atoms with Gasteiger partial charge < -0.3 is 10.5 Å². The van der Waals surface area contributed by atoms with Gasteiger partial charge in [-0.3, -0.25) is 4.79 Å². The number of carbonyl (C=O) groups excluding carboxylic acids is 1. The Bertz CT molecular complexity index is 1010. The Morgan fingerprint density at radius 1 is 0.935 bits per heavy atom. The number of carbonyl (C=O) groups is 1. The summed E-state index contributed by atoms with van der Waals surface area (Å²) >= 11 is 0. The predicted octanol–water partition coefficient (Wildman–Crippen LogP) is 6.80. The zero-order chi connectivity index (χ0) is 22.5. The van der Waals surface area contributed by atoms with Crippen LogP contribution in [0, 0.1) is 19.8 Å². The number of rotatable bonds is 8. The third-order valence-corrected chi connectivity index (χ3v) is 5.69. The van der Waals surface area contributed by atoms with Crippen LogP contribution in [0.4, 0.5) is 0 Å². The molecule has 0 spiro atoms. The quantitative estimate of drug-likeness (QED) is 0.440. The minimum absolute atomic E-state index is 0.0876. The Morgan fingerprint density at radius 2 is 1.52 bits per heavy atom. The summed E-state index contributed by atoms with van der Waals surface area (Å²) in [6.45, 7) is 10.8. The Balaban J connectivity index is 1.89. The summed E-state index contributed by atoms with van der Waals surface area (Å²) in [5.41, 5.74) is 13.2. The monoisotopic (exact) mass is 415 g/mol. The van der Waals surface area contributed by atoms with Crippen molar-refractivity contribution in [3.8, 4) is 16.9 Å². The van der Waals surface area contributed by atoms with E-state index in [1.165, 1.54) is 27.8 Å². The standard InChI is InChI=1S/C28H33NO2/c1-6-21-7-9-23(10-8-21)27-19(4)16-25(17-20(27)5)31-26(15-18(2)3)22-11-13-24(14-12-22)28(29)30/h7-14,16-18,26H,6,15H2,1-5H3,(H2,29,30). The van der Waals surface area contributed by atoms with E-state index < -0.39 is 5.91 Å². The molecule has 0 aliphatic carbocycles. The van der Waals surface area contributed by atoms with E-state index in [2.05, 4.69) is 71.0 Å². The van der Waals surface area contributed by atoms with Gasteiger partial charge >= 0.3 is 0 Å². The van der Waals surface area contributed by atoms with E-state index in [0.29, 0.717) is 11.5 Å². The van der Waals surface area contributed by atoms with Gasteiger partial charge in [-0.1, -0.05) is 57.2 Å². The van der Waals surface area contributed by atoms with Crippen LogP contribution in [0.25, 0.3) is 11.1 Å². The lowest BCUT2D eigenvalue weighted by Gasteiger charge is -2.23. The maximum Gasteiger partial charge on any atom is 0.248 e. The zero-order valence-corrected chi connectivity index (χ0v) is 19.2. The van der Waals surface area contributed by atoms with E-state index in [9.17, 15) is 4.79 Å². The molecule has 0 aliphatic rings. The summed E-state index contributed by atoms with van der Waals surface area (Å²) in [5.74, 6) is 0.926. The molecule has 3 nitrogen and oxygen atoms in total. The van der Waals surface area contributed by atoms with E-state index in [-0.39, 0.29) is 6.10 Å². The van der Waals surface area contributed by atoms with Crippen molar-refractivity contribution in [3.63, 3.8) is 0 Å². The number of hydrogen-bond acceptors (Lipinski definition) is 2. The summed E-state index contributed by atoms with van der Waals surface area (Å²) in [6, 6.07) is 20.5. The van der Waals surface area contributed by atoms with Crippen molar-refractivity contribution < 1.29 is 9.53 Å². The molecular weight excluding hydrogens is 382 g/mol. The van der Waals surface area contributed by atoms with Gasteiger partial charge in [0.1, 0.15) is 11.9 Å². The lowest BCUT2D eigenvalue weighted by atomic mass is 9.94. The van der Waals surface area contributed by atoms with Crippen LogP contribution >= 0.6 is 0 Å². The Morgan fingerprint density at radius 3 is 2.00 bits per heavy atom. The maximum absolute atomic E-state index is 11.4. The topological polar surface area (TPSA) is 52.3 Å². The van der Waals surface area contributed by atoms with Gasteiger partial charge in [0, 0.05) is 5.56 Å². The van der Waals surface area contributed by atoms with Crippen LogP contribution in [0.5, 0.6) is 5.75 Å². The zero-order valence-electron chi connectivity index (χ0n) is 19.2. The fourth-order valence-electron chi connectivity index (χ4n) is 4.06. The van der Waals surface area contributed by atoms with E-state index in [1.54, 1.807) is 12.1 Å². The molecule has 3 aromatic rings. The number of primary amides is 1. The van der Waals surface area contributed by atoms with Crippen molar-refractivity contribution in [1.29, 1.82) is 0 Å². The van der Waals surface area contributed by atoms with Gasteiger partial charge in [-0.15, -0.1) is 0 Å². The third-order valence-electron chi connectivity index (χ3n) is 5.69. The first-order chi connectivity index (χ1) is 14.8. The number of amides is 1. The summed E-state index contributed by atoms with van der Waals surface area (Å²) in [6.07, 6.45) is 1.84. The molecule has 1 amide bonds. The van der Waals surface area contributed by atoms with Gasteiger partial charge in [0.25, 0.3) is 0 Å². The number of nitrogens with two attached hydrogens (primary N) is 1. The highest BCUT2D eigenvalue weighted by molar-refractivity contribution is 5.92. The molecule has 0 aromatic heterocycles. The fraction of sp³-hybridized carbons (Fsp3) is 0.321. The van der Waals surface area contributed by atoms with Crippen LogP contribution < -0.4 is 10.5 Å². The molecule has 31 heavy (non-hydrogen) atoms. The molecule has 0 saturated heterocycles. The first kappa shape index (κ1) is 22.6. The van der Waals surface area contributed by atoms with Crippen LogP contribution in [0.3, 0.4) is 0 Å². The average molecular weight is 416 g/mol. The molecule has 0 fully saturated rings. The molecule has 0 aliphatic heterocycles. The van der Waals surface area contributed by atoms with Gasteiger partial charge in [-0.05, 0) is 90.3 Å². The summed E-state index contributed by atoms with van der Waals surface area (Å²) < 4.78 is 6.48. The molecule has 1 atom stereocenters. The van der Waals surface area contributed by atoms with Crippen molar-refractivity contribution in [2.45, 2.75) is 53.6 Å². The van der Waals surface area contributed by atoms with E-state index >= 15 is 0 Å². The molecule has 3 rings (SSSR count). The highest BCUT2D eigenvalue weighted by atomic mass is 16.5. The molecule has 2 N–H and O–H groups in total. The first-order valence-corrected chi connectivity index (χ1v) is 11.1. The second kappa shape index (κ2) is 9.82. The number of hydrogen-bond donors (Lipinski definition) is 1. The minimum atomic E-state index is -0.415. The average Bonchev–Trinajstić information content (AvgIpc) is 2.73. The van der Waals surface area contributed by atoms with Crippen LogP contribution in [-0.2, 0) is 6.42 Å².